The van der Waals surface area contributed by atoms with Crippen LogP contribution in [-0.4, -0.2) is 36.3 Å². The van der Waals surface area contributed by atoms with Crippen LogP contribution in [0.3, 0.4) is 0 Å². The molecule has 116 valence electrons. The lowest BCUT2D eigenvalue weighted by Gasteiger charge is -2.22. The highest BCUT2D eigenvalue weighted by atomic mass is 16.2. The number of hydrogen-bond donors (Lipinski definition) is 3. The SMILES string of the molecule is CC(=O)c1c(C)[nH]c(C(=O)NCCC2CCCNC2)c1C. The number of carbonyl (C=O) groups excluding carboxylic acids is 2. The maximum Gasteiger partial charge on any atom is 0.268 e. The van der Waals surface area contributed by atoms with E-state index >= 15 is 0 Å². The number of ketones is 1. The summed E-state index contributed by atoms with van der Waals surface area (Å²) in [6.07, 6.45) is 3.45. The number of nitrogens with one attached hydrogen (secondary N) is 3. The highest BCUT2D eigenvalue weighted by Gasteiger charge is 2.20. The summed E-state index contributed by atoms with van der Waals surface area (Å²) in [5.74, 6) is 0.527. The Morgan fingerprint density at radius 3 is 2.67 bits per heavy atom. The van der Waals surface area contributed by atoms with Crippen molar-refractivity contribution in [2.24, 2.45) is 5.92 Å². The summed E-state index contributed by atoms with van der Waals surface area (Å²) in [6.45, 7) is 8.01. The summed E-state index contributed by atoms with van der Waals surface area (Å²) in [7, 11) is 0. The van der Waals surface area contributed by atoms with Gasteiger partial charge in [-0.2, -0.15) is 0 Å². The molecule has 1 unspecified atom stereocenters. The zero-order valence-electron chi connectivity index (χ0n) is 13.1. The number of H-pyrrole nitrogens is 1. The smallest absolute Gasteiger partial charge is 0.268 e. The average molecular weight is 291 g/mol. The van der Waals surface area contributed by atoms with Gasteiger partial charge in [-0.15, -0.1) is 0 Å². The molecule has 2 heterocycles. The van der Waals surface area contributed by atoms with Crippen LogP contribution in [0.2, 0.25) is 0 Å². The molecule has 1 aromatic heterocycles. The molecule has 1 atom stereocenters. The Morgan fingerprint density at radius 2 is 2.10 bits per heavy atom. The summed E-state index contributed by atoms with van der Waals surface area (Å²) in [4.78, 5) is 26.8. The van der Waals surface area contributed by atoms with E-state index < -0.39 is 0 Å². The van der Waals surface area contributed by atoms with Gasteiger partial charge in [0, 0.05) is 17.8 Å². The molecule has 0 aromatic carbocycles. The molecule has 0 aliphatic carbocycles. The molecule has 1 aromatic rings. The number of carbonyl (C=O) groups is 2. The van der Waals surface area contributed by atoms with Crippen LogP contribution in [0.4, 0.5) is 0 Å². The zero-order valence-corrected chi connectivity index (χ0v) is 13.1. The summed E-state index contributed by atoms with van der Waals surface area (Å²) in [6, 6.07) is 0. The van der Waals surface area contributed by atoms with E-state index in [1.165, 1.54) is 19.8 Å². The van der Waals surface area contributed by atoms with Crippen LogP contribution in [0.25, 0.3) is 0 Å². The fraction of sp³-hybridized carbons (Fsp3) is 0.625. The molecule has 1 aliphatic heterocycles. The largest absolute Gasteiger partial charge is 0.354 e. The van der Waals surface area contributed by atoms with E-state index in [1.807, 2.05) is 13.8 Å². The topological polar surface area (TPSA) is 74.0 Å². The predicted molar refractivity (Wildman–Crippen MR) is 82.8 cm³/mol. The minimum atomic E-state index is -0.119. The van der Waals surface area contributed by atoms with Crippen LogP contribution < -0.4 is 10.6 Å². The molecule has 0 bridgehead atoms. The summed E-state index contributed by atoms with van der Waals surface area (Å²) in [5, 5.41) is 6.34. The first-order valence-electron chi connectivity index (χ1n) is 7.69. The highest BCUT2D eigenvalue weighted by molar-refractivity contribution is 6.02. The van der Waals surface area contributed by atoms with Crippen LogP contribution in [-0.2, 0) is 0 Å². The van der Waals surface area contributed by atoms with Gasteiger partial charge in [-0.1, -0.05) is 0 Å². The highest BCUT2D eigenvalue weighted by Crippen LogP contribution is 2.18. The van der Waals surface area contributed by atoms with Gasteiger partial charge in [0.1, 0.15) is 5.69 Å². The summed E-state index contributed by atoms with van der Waals surface area (Å²) < 4.78 is 0. The van der Waals surface area contributed by atoms with Gasteiger partial charge in [-0.25, -0.2) is 0 Å². The van der Waals surface area contributed by atoms with Gasteiger partial charge in [0.2, 0.25) is 0 Å². The van der Waals surface area contributed by atoms with E-state index in [1.54, 1.807) is 0 Å². The second-order valence-electron chi connectivity index (χ2n) is 5.94. The average Bonchev–Trinajstić information content (AvgIpc) is 2.75. The lowest BCUT2D eigenvalue weighted by atomic mass is 9.96. The van der Waals surface area contributed by atoms with Crippen molar-refractivity contribution >= 4 is 11.7 Å². The number of aromatic amines is 1. The first-order valence-corrected chi connectivity index (χ1v) is 7.69. The molecular weight excluding hydrogens is 266 g/mol. The second kappa shape index (κ2) is 6.89. The Labute approximate surface area is 125 Å². The quantitative estimate of drug-likeness (QED) is 0.726. The van der Waals surface area contributed by atoms with Crippen LogP contribution in [0.5, 0.6) is 0 Å². The van der Waals surface area contributed by atoms with Gasteiger partial charge in [0.25, 0.3) is 5.91 Å². The Hall–Kier alpha value is -1.62. The Kier molecular flexibility index (Phi) is 5.17. The van der Waals surface area contributed by atoms with Gasteiger partial charge in [0.15, 0.2) is 5.78 Å². The van der Waals surface area contributed by atoms with Crippen LogP contribution >= 0.6 is 0 Å². The van der Waals surface area contributed by atoms with E-state index in [-0.39, 0.29) is 11.7 Å². The molecular formula is C16H25N3O2. The van der Waals surface area contributed by atoms with E-state index in [2.05, 4.69) is 15.6 Å². The fourth-order valence-electron chi connectivity index (χ4n) is 3.15. The molecule has 1 aliphatic rings. The Morgan fingerprint density at radius 1 is 1.33 bits per heavy atom. The van der Waals surface area contributed by atoms with Crippen molar-refractivity contribution in [3.05, 3.63) is 22.5 Å². The van der Waals surface area contributed by atoms with Crippen molar-refractivity contribution in [2.45, 2.75) is 40.0 Å². The lowest BCUT2D eigenvalue weighted by Crippen LogP contribution is -2.33. The number of amides is 1. The first-order chi connectivity index (χ1) is 10.0. The zero-order chi connectivity index (χ0) is 15.4. The van der Waals surface area contributed by atoms with Gasteiger partial charge in [0.05, 0.1) is 0 Å². The Bertz CT molecular complexity index is 528. The number of aryl methyl sites for hydroxylation is 1. The van der Waals surface area contributed by atoms with Gasteiger partial charge < -0.3 is 15.6 Å². The molecule has 5 heteroatoms. The van der Waals surface area contributed by atoms with Crippen LogP contribution in [0, 0.1) is 19.8 Å². The normalized spacial score (nSPS) is 18.5. The third-order valence-corrected chi connectivity index (χ3v) is 4.25. The van der Waals surface area contributed by atoms with Crippen molar-refractivity contribution in [3.8, 4) is 0 Å². The maximum atomic E-state index is 12.2. The van der Waals surface area contributed by atoms with Crippen molar-refractivity contribution in [2.75, 3.05) is 19.6 Å². The number of hydrogen-bond acceptors (Lipinski definition) is 3. The van der Waals surface area contributed by atoms with Crippen molar-refractivity contribution in [3.63, 3.8) is 0 Å². The maximum absolute atomic E-state index is 12.2. The summed E-state index contributed by atoms with van der Waals surface area (Å²) >= 11 is 0. The monoisotopic (exact) mass is 291 g/mol. The molecule has 5 nitrogen and oxygen atoms in total. The number of aromatic nitrogens is 1. The standard InChI is InChI=1S/C16H25N3O2/c1-10-14(12(3)20)11(2)19-15(10)16(21)18-8-6-13-5-4-7-17-9-13/h13,17,19H,4-9H2,1-3H3,(H,18,21). The fourth-order valence-corrected chi connectivity index (χ4v) is 3.15. The lowest BCUT2D eigenvalue weighted by molar-refractivity contribution is 0.0945. The van der Waals surface area contributed by atoms with Crippen molar-refractivity contribution in [1.82, 2.24) is 15.6 Å². The van der Waals surface area contributed by atoms with Gasteiger partial charge >= 0.3 is 0 Å². The van der Waals surface area contributed by atoms with E-state index in [0.717, 1.165) is 30.8 Å². The molecule has 2 rings (SSSR count). The number of piperidine rings is 1. The van der Waals surface area contributed by atoms with Crippen LogP contribution in [0.15, 0.2) is 0 Å². The predicted octanol–water partition coefficient (Wildman–Crippen LogP) is 1.95. The molecule has 0 radical (unpaired) electrons. The van der Waals surface area contributed by atoms with E-state index in [0.29, 0.717) is 23.7 Å². The van der Waals surface area contributed by atoms with E-state index in [4.69, 9.17) is 0 Å². The number of Topliss-reactive ketones (excluding diaryl/α,β-unsaturated/α-hetero) is 1. The van der Waals surface area contributed by atoms with Crippen molar-refractivity contribution in [1.29, 1.82) is 0 Å². The molecule has 3 N–H and O–H groups in total. The summed E-state index contributed by atoms with van der Waals surface area (Å²) in [5.41, 5.74) is 2.66. The third-order valence-electron chi connectivity index (χ3n) is 4.25. The Balaban J connectivity index is 1.91. The minimum Gasteiger partial charge on any atom is -0.354 e. The molecule has 1 fully saturated rings. The van der Waals surface area contributed by atoms with Gasteiger partial charge in [-0.3, -0.25) is 9.59 Å². The van der Waals surface area contributed by atoms with Crippen molar-refractivity contribution < 1.29 is 9.59 Å². The van der Waals surface area contributed by atoms with Gasteiger partial charge in [-0.05, 0) is 64.6 Å². The van der Waals surface area contributed by atoms with E-state index in [9.17, 15) is 9.59 Å². The molecule has 21 heavy (non-hydrogen) atoms. The molecule has 0 spiro atoms. The molecule has 0 saturated carbocycles. The van der Waals surface area contributed by atoms with Crippen LogP contribution in [0.1, 0.15) is 58.3 Å². The second-order valence-corrected chi connectivity index (χ2v) is 5.94. The molecule has 1 amide bonds. The third kappa shape index (κ3) is 3.73. The first kappa shape index (κ1) is 15.8. The number of rotatable bonds is 5. The molecule has 1 saturated heterocycles. The minimum absolute atomic E-state index is 0.00594.